The zero-order chi connectivity index (χ0) is 14.3. The van der Waals surface area contributed by atoms with Crippen LogP contribution in [0, 0.1) is 5.92 Å². The molecular formula is C16H26N2O. The molecule has 19 heavy (non-hydrogen) atoms. The largest absolute Gasteiger partial charge is 0.350 e. The lowest BCUT2D eigenvalue weighted by Crippen LogP contribution is -2.30. The maximum absolute atomic E-state index is 11.9. The van der Waals surface area contributed by atoms with Crippen LogP contribution in [0.25, 0.3) is 0 Å². The fraction of sp³-hybridized carbons (Fsp3) is 0.562. The summed E-state index contributed by atoms with van der Waals surface area (Å²) in [4.78, 5) is 11.9. The molecule has 1 amide bonds. The van der Waals surface area contributed by atoms with E-state index in [2.05, 4.69) is 43.4 Å². The number of hydrogen-bond donors (Lipinski definition) is 2. The van der Waals surface area contributed by atoms with Gasteiger partial charge < -0.3 is 11.1 Å². The highest BCUT2D eigenvalue weighted by atomic mass is 16.1. The lowest BCUT2D eigenvalue weighted by molar-refractivity contribution is -0.122. The minimum absolute atomic E-state index is 0.0497. The lowest BCUT2D eigenvalue weighted by Gasteiger charge is -2.17. The second-order valence-electron chi connectivity index (χ2n) is 5.10. The van der Waals surface area contributed by atoms with Gasteiger partial charge in [-0.15, -0.1) is 0 Å². The van der Waals surface area contributed by atoms with E-state index in [4.69, 9.17) is 5.73 Å². The van der Waals surface area contributed by atoms with Crippen LogP contribution in [-0.4, -0.2) is 12.5 Å². The predicted molar refractivity (Wildman–Crippen MR) is 79.8 cm³/mol. The van der Waals surface area contributed by atoms with Crippen LogP contribution >= 0.6 is 0 Å². The number of carbonyl (C=O) groups is 1. The molecule has 1 rings (SSSR count). The smallest absolute Gasteiger partial charge is 0.220 e. The van der Waals surface area contributed by atoms with Crippen molar-refractivity contribution >= 4 is 5.91 Å². The molecule has 0 saturated heterocycles. The quantitative estimate of drug-likeness (QED) is 0.794. The number of hydrogen-bond acceptors (Lipinski definition) is 2. The van der Waals surface area contributed by atoms with E-state index in [0.29, 0.717) is 13.0 Å². The first-order valence-corrected chi connectivity index (χ1v) is 7.18. The molecule has 0 saturated carbocycles. The topological polar surface area (TPSA) is 55.1 Å². The van der Waals surface area contributed by atoms with Crippen molar-refractivity contribution in [1.29, 1.82) is 0 Å². The predicted octanol–water partition coefficient (Wildman–Crippen LogP) is 2.80. The van der Waals surface area contributed by atoms with E-state index >= 15 is 0 Å². The van der Waals surface area contributed by atoms with Gasteiger partial charge in [0.15, 0.2) is 0 Å². The number of rotatable bonds is 7. The fourth-order valence-corrected chi connectivity index (χ4v) is 2.08. The summed E-state index contributed by atoms with van der Waals surface area (Å²) in [6.45, 7) is 6.79. The third-order valence-corrected chi connectivity index (χ3v) is 3.65. The average molecular weight is 262 g/mol. The van der Waals surface area contributed by atoms with Crippen LogP contribution in [-0.2, 0) is 11.2 Å². The Morgan fingerprint density at radius 3 is 2.37 bits per heavy atom. The Balaban J connectivity index is 2.53. The molecule has 0 aliphatic carbocycles. The highest BCUT2D eigenvalue weighted by molar-refractivity contribution is 5.76. The molecule has 0 heterocycles. The van der Waals surface area contributed by atoms with Gasteiger partial charge in [0.1, 0.15) is 0 Å². The van der Waals surface area contributed by atoms with Crippen molar-refractivity contribution in [2.75, 3.05) is 6.54 Å². The summed E-state index contributed by atoms with van der Waals surface area (Å²) >= 11 is 0. The average Bonchev–Trinajstić information content (AvgIpc) is 2.44. The molecule has 2 unspecified atom stereocenters. The fourth-order valence-electron chi connectivity index (χ4n) is 2.08. The van der Waals surface area contributed by atoms with Gasteiger partial charge >= 0.3 is 0 Å². The Morgan fingerprint density at radius 1 is 1.26 bits per heavy atom. The van der Waals surface area contributed by atoms with Crippen LogP contribution in [0.1, 0.15) is 50.8 Å². The monoisotopic (exact) mass is 262 g/mol. The van der Waals surface area contributed by atoms with Gasteiger partial charge in [-0.1, -0.05) is 44.5 Å². The lowest BCUT2D eigenvalue weighted by atomic mass is 10.0. The van der Waals surface area contributed by atoms with Crippen LogP contribution < -0.4 is 11.1 Å². The number of carbonyl (C=O) groups excluding carboxylic acids is 1. The molecule has 0 bridgehead atoms. The minimum atomic E-state index is 0.0497. The van der Waals surface area contributed by atoms with E-state index in [1.54, 1.807) is 0 Å². The Kier molecular flexibility index (Phi) is 6.57. The van der Waals surface area contributed by atoms with Gasteiger partial charge in [-0.2, -0.15) is 0 Å². The molecule has 1 aromatic rings. The number of nitrogens with one attached hydrogen (secondary N) is 1. The van der Waals surface area contributed by atoms with Gasteiger partial charge in [0.05, 0.1) is 6.04 Å². The summed E-state index contributed by atoms with van der Waals surface area (Å²) in [7, 11) is 0. The van der Waals surface area contributed by atoms with Gasteiger partial charge in [-0.05, 0) is 36.9 Å². The highest BCUT2D eigenvalue weighted by Gasteiger charge is 2.13. The van der Waals surface area contributed by atoms with E-state index < -0.39 is 0 Å². The summed E-state index contributed by atoms with van der Waals surface area (Å²) in [6, 6.07) is 8.46. The van der Waals surface area contributed by atoms with Crippen LogP contribution in [0.15, 0.2) is 24.3 Å². The molecule has 0 radical (unpaired) electrons. The summed E-state index contributed by atoms with van der Waals surface area (Å²) in [5.41, 5.74) is 8.09. The third-order valence-electron chi connectivity index (χ3n) is 3.65. The van der Waals surface area contributed by atoms with Crippen LogP contribution in [0.2, 0.25) is 0 Å². The Hall–Kier alpha value is -1.35. The van der Waals surface area contributed by atoms with Crippen molar-refractivity contribution in [3.63, 3.8) is 0 Å². The molecule has 1 aromatic carbocycles. The van der Waals surface area contributed by atoms with Crippen molar-refractivity contribution < 1.29 is 4.79 Å². The normalized spacial score (nSPS) is 13.9. The number of nitrogens with two attached hydrogens (primary N) is 1. The van der Waals surface area contributed by atoms with Crippen molar-refractivity contribution in [3.05, 3.63) is 35.4 Å². The molecule has 106 valence electrons. The SMILES string of the molecule is CCc1ccc(C(C)NC(=O)CC(CC)CN)cc1. The number of amides is 1. The summed E-state index contributed by atoms with van der Waals surface area (Å²) < 4.78 is 0. The molecular weight excluding hydrogens is 236 g/mol. The van der Waals surface area contributed by atoms with Crippen LogP contribution in [0.5, 0.6) is 0 Å². The van der Waals surface area contributed by atoms with Crippen molar-refractivity contribution in [2.45, 2.75) is 46.1 Å². The summed E-state index contributed by atoms with van der Waals surface area (Å²) in [6.07, 6.45) is 2.50. The maximum atomic E-state index is 11.9. The third kappa shape index (κ3) is 5.03. The van der Waals surface area contributed by atoms with Crippen LogP contribution in [0.4, 0.5) is 0 Å². The Labute approximate surface area is 116 Å². The molecule has 3 heteroatoms. The zero-order valence-electron chi connectivity index (χ0n) is 12.3. The second-order valence-corrected chi connectivity index (χ2v) is 5.10. The van der Waals surface area contributed by atoms with Gasteiger partial charge in [0, 0.05) is 6.42 Å². The Morgan fingerprint density at radius 2 is 1.89 bits per heavy atom. The molecule has 0 aliphatic rings. The maximum Gasteiger partial charge on any atom is 0.220 e. The standard InChI is InChI=1S/C16H26N2O/c1-4-13-6-8-15(9-7-13)12(3)18-16(19)10-14(5-2)11-17/h6-9,12,14H,4-5,10-11,17H2,1-3H3,(H,18,19). The molecule has 3 N–H and O–H groups in total. The number of aryl methyl sites for hydroxylation is 1. The van der Waals surface area contributed by atoms with Crippen molar-refractivity contribution in [2.24, 2.45) is 11.7 Å². The van der Waals surface area contributed by atoms with Gasteiger partial charge in [-0.25, -0.2) is 0 Å². The van der Waals surface area contributed by atoms with Crippen molar-refractivity contribution in [1.82, 2.24) is 5.32 Å². The first-order chi connectivity index (χ1) is 9.10. The van der Waals surface area contributed by atoms with E-state index in [-0.39, 0.29) is 17.9 Å². The van der Waals surface area contributed by atoms with Crippen molar-refractivity contribution in [3.8, 4) is 0 Å². The van der Waals surface area contributed by atoms with E-state index in [1.165, 1.54) is 5.56 Å². The number of benzene rings is 1. The first-order valence-electron chi connectivity index (χ1n) is 7.18. The molecule has 3 nitrogen and oxygen atoms in total. The highest BCUT2D eigenvalue weighted by Crippen LogP contribution is 2.15. The van der Waals surface area contributed by atoms with E-state index in [0.717, 1.165) is 18.4 Å². The first kappa shape index (κ1) is 15.7. The van der Waals surface area contributed by atoms with Gasteiger partial charge in [0.2, 0.25) is 5.91 Å². The molecule has 0 aromatic heterocycles. The van der Waals surface area contributed by atoms with Gasteiger partial charge in [-0.3, -0.25) is 4.79 Å². The van der Waals surface area contributed by atoms with Gasteiger partial charge in [0.25, 0.3) is 0 Å². The molecule has 0 fully saturated rings. The molecule has 2 atom stereocenters. The molecule has 0 spiro atoms. The molecule has 0 aliphatic heterocycles. The zero-order valence-corrected chi connectivity index (χ0v) is 12.3. The van der Waals surface area contributed by atoms with E-state index in [9.17, 15) is 4.79 Å². The second kappa shape index (κ2) is 7.95. The summed E-state index contributed by atoms with van der Waals surface area (Å²) in [5.74, 6) is 0.374. The minimum Gasteiger partial charge on any atom is -0.350 e. The summed E-state index contributed by atoms with van der Waals surface area (Å²) in [5, 5.41) is 3.04. The van der Waals surface area contributed by atoms with E-state index in [1.807, 2.05) is 6.92 Å². The van der Waals surface area contributed by atoms with Crippen LogP contribution in [0.3, 0.4) is 0 Å². The Bertz CT molecular complexity index is 382.